The highest BCUT2D eigenvalue weighted by atomic mass is 16.6. The Morgan fingerprint density at radius 2 is 1.68 bits per heavy atom. The first kappa shape index (κ1) is 20.3. The average molecular weight is 414 g/mol. The van der Waals surface area contributed by atoms with Crippen LogP contribution in [0.3, 0.4) is 0 Å². The molecular formula is C24H22N4O3. The van der Waals surface area contributed by atoms with Crippen LogP contribution in [0, 0.1) is 10.1 Å². The van der Waals surface area contributed by atoms with Gasteiger partial charge in [0.05, 0.1) is 22.8 Å². The van der Waals surface area contributed by atoms with Gasteiger partial charge < -0.3 is 10.0 Å². The normalized spacial score (nSPS) is 14.8. The molecule has 31 heavy (non-hydrogen) atoms. The van der Waals surface area contributed by atoms with E-state index in [1.54, 1.807) is 18.2 Å². The number of hydrogen-bond acceptors (Lipinski definition) is 6. The number of nitrogens with zero attached hydrogens (tertiary/aromatic N) is 4. The van der Waals surface area contributed by atoms with Crippen LogP contribution < -0.4 is 4.90 Å². The Balaban J connectivity index is 1.59. The number of rotatable bonds is 5. The highest BCUT2D eigenvalue weighted by molar-refractivity contribution is 5.70. The summed E-state index contributed by atoms with van der Waals surface area (Å²) >= 11 is 0. The molecule has 0 aliphatic carbocycles. The van der Waals surface area contributed by atoms with Gasteiger partial charge in [-0.05, 0) is 42.0 Å². The second kappa shape index (κ2) is 7.68. The fourth-order valence-electron chi connectivity index (χ4n) is 3.74. The molecule has 4 rings (SSSR count). The largest absolute Gasteiger partial charge is 0.508 e. The summed E-state index contributed by atoms with van der Waals surface area (Å²) in [6.07, 6.45) is 0. The summed E-state index contributed by atoms with van der Waals surface area (Å²) in [4.78, 5) is 12.4. The second-order valence-electron chi connectivity index (χ2n) is 7.96. The molecule has 0 unspecified atom stereocenters. The molecule has 7 nitrogen and oxygen atoms in total. The molecule has 0 amide bonds. The lowest BCUT2D eigenvalue weighted by atomic mass is 9.84. The Labute approximate surface area is 180 Å². The molecule has 3 aromatic carbocycles. The van der Waals surface area contributed by atoms with Crippen molar-refractivity contribution in [3.05, 3.63) is 100 Å². The monoisotopic (exact) mass is 414 g/mol. The van der Waals surface area contributed by atoms with Gasteiger partial charge in [0.2, 0.25) is 0 Å². The predicted octanol–water partition coefficient (Wildman–Crippen LogP) is 6.53. The molecule has 7 heteroatoms. The minimum atomic E-state index is -0.459. The SMILES string of the molecule is C=C1N(Cc2cc(N=Nc3ccc([N+](=O)[O-])cc3)ccc2O)c2ccccc2C1(C)C. The predicted molar refractivity (Wildman–Crippen MR) is 120 cm³/mol. The second-order valence-corrected chi connectivity index (χ2v) is 7.96. The molecule has 0 atom stereocenters. The third-order valence-corrected chi connectivity index (χ3v) is 5.65. The number of benzene rings is 3. The van der Waals surface area contributed by atoms with E-state index in [-0.39, 0.29) is 16.9 Å². The number of anilines is 1. The zero-order valence-electron chi connectivity index (χ0n) is 17.3. The summed E-state index contributed by atoms with van der Waals surface area (Å²) < 4.78 is 0. The third kappa shape index (κ3) is 3.77. The quantitative estimate of drug-likeness (QED) is 0.292. The fourth-order valence-corrected chi connectivity index (χ4v) is 3.74. The van der Waals surface area contributed by atoms with Gasteiger partial charge in [-0.25, -0.2) is 0 Å². The van der Waals surface area contributed by atoms with Crippen LogP contribution in [0.2, 0.25) is 0 Å². The summed E-state index contributed by atoms with van der Waals surface area (Å²) in [5.74, 6) is 0.171. The smallest absolute Gasteiger partial charge is 0.269 e. The van der Waals surface area contributed by atoms with Crippen molar-refractivity contribution >= 4 is 22.7 Å². The number of phenols is 1. The third-order valence-electron chi connectivity index (χ3n) is 5.65. The molecule has 1 N–H and O–H groups in total. The Hall–Kier alpha value is -4.00. The molecular weight excluding hydrogens is 392 g/mol. The van der Waals surface area contributed by atoms with E-state index in [9.17, 15) is 15.2 Å². The standard InChI is InChI=1S/C24H22N4O3/c1-16-24(2,3)21-6-4-5-7-22(21)27(16)15-17-14-19(10-13-23(17)29)26-25-18-8-11-20(12-9-18)28(30)31/h4-14,29H,1,15H2,2-3H3. The summed E-state index contributed by atoms with van der Waals surface area (Å²) in [6.45, 7) is 9.04. The molecule has 0 aromatic heterocycles. The first-order valence-electron chi connectivity index (χ1n) is 9.82. The van der Waals surface area contributed by atoms with Crippen LogP contribution in [0.25, 0.3) is 0 Å². The molecule has 0 fully saturated rings. The number of azo groups is 1. The van der Waals surface area contributed by atoms with Crippen LogP contribution in [-0.2, 0) is 12.0 Å². The van der Waals surface area contributed by atoms with Crippen LogP contribution in [-0.4, -0.2) is 10.0 Å². The molecule has 1 aliphatic rings. The summed E-state index contributed by atoms with van der Waals surface area (Å²) in [6, 6.07) is 19.1. The minimum Gasteiger partial charge on any atom is -0.508 e. The van der Waals surface area contributed by atoms with Crippen molar-refractivity contribution < 1.29 is 10.0 Å². The molecule has 1 heterocycles. The molecule has 1 aliphatic heterocycles. The van der Waals surface area contributed by atoms with E-state index in [2.05, 4.69) is 47.7 Å². The number of nitro groups is 1. The molecule has 3 aromatic rings. The molecule has 0 saturated carbocycles. The fraction of sp³-hybridized carbons (Fsp3) is 0.167. The van der Waals surface area contributed by atoms with Gasteiger partial charge in [-0.1, -0.05) is 38.6 Å². The van der Waals surface area contributed by atoms with Gasteiger partial charge in [-0.3, -0.25) is 10.1 Å². The molecule has 0 spiro atoms. The van der Waals surface area contributed by atoms with Crippen molar-refractivity contribution in [2.45, 2.75) is 25.8 Å². The first-order chi connectivity index (χ1) is 14.8. The van der Waals surface area contributed by atoms with Crippen LogP contribution in [0.4, 0.5) is 22.7 Å². The van der Waals surface area contributed by atoms with Crippen molar-refractivity contribution in [1.29, 1.82) is 0 Å². The van der Waals surface area contributed by atoms with Crippen LogP contribution in [0.15, 0.2) is 89.2 Å². The Morgan fingerprint density at radius 1 is 1.03 bits per heavy atom. The van der Waals surface area contributed by atoms with Gasteiger partial charge in [-0.2, -0.15) is 10.2 Å². The number of hydrogen-bond donors (Lipinski definition) is 1. The first-order valence-corrected chi connectivity index (χ1v) is 9.82. The topological polar surface area (TPSA) is 91.3 Å². The number of allylic oxidation sites excluding steroid dienone is 1. The number of aromatic hydroxyl groups is 1. The van der Waals surface area contributed by atoms with Crippen LogP contribution in [0.1, 0.15) is 25.0 Å². The Kier molecular flexibility index (Phi) is 5.02. The maximum absolute atomic E-state index is 10.8. The summed E-state index contributed by atoms with van der Waals surface area (Å²) in [5, 5.41) is 29.6. The van der Waals surface area contributed by atoms with Crippen molar-refractivity contribution in [2.75, 3.05) is 4.90 Å². The molecule has 0 radical (unpaired) electrons. The number of nitro benzene ring substituents is 1. The van der Waals surface area contributed by atoms with E-state index in [0.29, 0.717) is 23.5 Å². The van der Waals surface area contributed by atoms with Gasteiger partial charge >= 0.3 is 0 Å². The van der Waals surface area contributed by atoms with Gasteiger partial charge in [-0.15, -0.1) is 0 Å². The van der Waals surface area contributed by atoms with Crippen molar-refractivity contribution in [2.24, 2.45) is 10.2 Å². The van der Waals surface area contributed by atoms with Crippen LogP contribution in [0.5, 0.6) is 5.75 Å². The maximum Gasteiger partial charge on any atom is 0.269 e. The summed E-state index contributed by atoms with van der Waals surface area (Å²) in [5.41, 5.74) is 4.83. The van der Waals surface area contributed by atoms with E-state index in [4.69, 9.17) is 0 Å². The maximum atomic E-state index is 10.8. The summed E-state index contributed by atoms with van der Waals surface area (Å²) in [7, 11) is 0. The molecule has 0 bridgehead atoms. The van der Waals surface area contributed by atoms with Gasteiger partial charge in [0.1, 0.15) is 5.75 Å². The Morgan fingerprint density at radius 3 is 2.39 bits per heavy atom. The van der Waals surface area contributed by atoms with Gasteiger partial charge in [0.15, 0.2) is 0 Å². The molecule has 0 saturated heterocycles. The highest BCUT2D eigenvalue weighted by Gasteiger charge is 2.38. The van der Waals surface area contributed by atoms with Gasteiger partial charge in [0, 0.05) is 34.5 Å². The number of para-hydroxylation sites is 1. The molecule has 156 valence electrons. The Bertz CT molecular complexity index is 1200. The lowest BCUT2D eigenvalue weighted by Gasteiger charge is -2.26. The lowest BCUT2D eigenvalue weighted by Crippen LogP contribution is -2.24. The zero-order chi connectivity index (χ0) is 22.2. The number of fused-ring (bicyclic) bond motifs is 1. The number of phenolic OH excluding ortho intramolecular Hbond substituents is 1. The van der Waals surface area contributed by atoms with Crippen molar-refractivity contribution in [1.82, 2.24) is 0 Å². The van der Waals surface area contributed by atoms with Crippen molar-refractivity contribution in [3.63, 3.8) is 0 Å². The van der Waals surface area contributed by atoms with E-state index >= 15 is 0 Å². The average Bonchev–Trinajstić information content (AvgIpc) is 2.95. The van der Waals surface area contributed by atoms with E-state index in [0.717, 1.165) is 11.4 Å². The zero-order valence-corrected chi connectivity index (χ0v) is 17.3. The number of non-ortho nitro benzene ring substituents is 1. The van der Waals surface area contributed by atoms with Crippen LogP contribution >= 0.6 is 0 Å². The lowest BCUT2D eigenvalue weighted by molar-refractivity contribution is -0.384. The van der Waals surface area contributed by atoms with E-state index in [1.165, 1.54) is 29.8 Å². The minimum absolute atomic E-state index is 0.0000763. The van der Waals surface area contributed by atoms with E-state index in [1.807, 2.05) is 12.1 Å². The highest BCUT2D eigenvalue weighted by Crippen LogP contribution is 2.47. The van der Waals surface area contributed by atoms with E-state index < -0.39 is 4.92 Å². The van der Waals surface area contributed by atoms with Crippen molar-refractivity contribution in [3.8, 4) is 5.75 Å². The van der Waals surface area contributed by atoms with Gasteiger partial charge in [0.25, 0.3) is 5.69 Å².